The number of benzene rings is 2. The standard InChI is InChI=1S/C25H19N5O2S/c26-22-21-18(15-7-3-1-4-8-15)13-19(16-9-5-2-6-10-16)27-25(21)33-23(22)24(31)28-20-14-30(29-32-20)17-11-12-17/h1-10,13-14,17H,11-12H2,(H2-,26,28,29,31)/p+1. The molecule has 1 aliphatic rings. The van der Waals surface area contributed by atoms with Crippen LogP contribution in [0.25, 0.3) is 32.6 Å². The van der Waals surface area contributed by atoms with Crippen LogP contribution in [0.15, 0.2) is 77.4 Å². The van der Waals surface area contributed by atoms with Crippen LogP contribution >= 0.6 is 11.3 Å². The van der Waals surface area contributed by atoms with Crippen LogP contribution in [0.2, 0.25) is 0 Å². The number of anilines is 2. The maximum absolute atomic E-state index is 13.1. The molecule has 0 radical (unpaired) electrons. The Hall–Kier alpha value is -4.04. The first kappa shape index (κ1) is 19.6. The van der Waals surface area contributed by atoms with Gasteiger partial charge in [-0.3, -0.25) is 14.6 Å². The molecule has 162 valence electrons. The fourth-order valence-corrected chi connectivity index (χ4v) is 4.90. The van der Waals surface area contributed by atoms with Crippen LogP contribution in [0.3, 0.4) is 0 Å². The third-order valence-corrected chi connectivity index (χ3v) is 6.80. The number of fused-ring (bicyclic) bond motifs is 1. The molecule has 33 heavy (non-hydrogen) atoms. The Morgan fingerprint density at radius 2 is 1.76 bits per heavy atom. The van der Waals surface area contributed by atoms with Gasteiger partial charge in [-0.25, -0.2) is 4.98 Å². The Bertz CT molecular complexity index is 1470. The van der Waals surface area contributed by atoms with Gasteiger partial charge >= 0.3 is 5.88 Å². The number of hydrogen-bond acceptors (Lipinski definition) is 6. The van der Waals surface area contributed by atoms with Gasteiger partial charge in [0.2, 0.25) is 5.27 Å². The number of nitrogens with one attached hydrogen (secondary N) is 1. The summed E-state index contributed by atoms with van der Waals surface area (Å²) in [5.41, 5.74) is 10.7. The van der Waals surface area contributed by atoms with Crippen LogP contribution in [0, 0.1) is 0 Å². The number of hydrogen-bond donors (Lipinski definition) is 2. The van der Waals surface area contributed by atoms with Crippen molar-refractivity contribution in [3.05, 3.63) is 77.8 Å². The third kappa shape index (κ3) is 3.64. The molecular formula is C25H20N5O2S+. The van der Waals surface area contributed by atoms with Gasteiger partial charge in [-0.2, -0.15) is 0 Å². The summed E-state index contributed by atoms with van der Waals surface area (Å²) in [6.45, 7) is 0. The average molecular weight is 455 g/mol. The largest absolute Gasteiger partial charge is 0.397 e. The van der Waals surface area contributed by atoms with E-state index in [9.17, 15) is 4.79 Å². The van der Waals surface area contributed by atoms with E-state index in [-0.39, 0.29) is 5.91 Å². The lowest BCUT2D eigenvalue weighted by atomic mass is 9.99. The number of pyridine rings is 1. The molecule has 0 unspecified atom stereocenters. The minimum Gasteiger partial charge on any atom is -0.397 e. The van der Waals surface area contributed by atoms with Crippen LogP contribution in [0.4, 0.5) is 11.6 Å². The van der Waals surface area contributed by atoms with Crippen LogP contribution < -0.4 is 15.7 Å². The highest BCUT2D eigenvalue weighted by Gasteiger charge is 2.36. The van der Waals surface area contributed by atoms with E-state index >= 15 is 0 Å². The predicted molar refractivity (Wildman–Crippen MR) is 128 cm³/mol. The number of thiophene rings is 1. The van der Waals surface area contributed by atoms with E-state index in [4.69, 9.17) is 15.2 Å². The first-order chi connectivity index (χ1) is 16.2. The van der Waals surface area contributed by atoms with E-state index in [1.807, 2.05) is 66.7 Å². The van der Waals surface area contributed by atoms with Gasteiger partial charge in [0.15, 0.2) is 6.04 Å². The smallest absolute Gasteiger partial charge is 0.302 e. The zero-order valence-corrected chi connectivity index (χ0v) is 18.4. The quantitative estimate of drug-likeness (QED) is 0.361. The van der Waals surface area contributed by atoms with Gasteiger partial charge in [0.25, 0.3) is 12.1 Å². The van der Waals surface area contributed by atoms with Crippen LogP contribution in [-0.4, -0.2) is 16.2 Å². The normalized spacial score (nSPS) is 13.3. The lowest BCUT2D eigenvalue weighted by molar-refractivity contribution is -0.765. The Balaban J connectivity index is 1.45. The molecule has 1 saturated carbocycles. The lowest BCUT2D eigenvalue weighted by Gasteiger charge is -2.09. The van der Waals surface area contributed by atoms with Crippen molar-refractivity contribution in [3.8, 4) is 22.4 Å². The van der Waals surface area contributed by atoms with Gasteiger partial charge < -0.3 is 5.73 Å². The number of aromatic nitrogens is 3. The summed E-state index contributed by atoms with van der Waals surface area (Å²) < 4.78 is 7.01. The zero-order chi connectivity index (χ0) is 22.4. The first-order valence-corrected chi connectivity index (χ1v) is 11.5. The molecule has 1 fully saturated rings. The van der Waals surface area contributed by atoms with E-state index < -0.39 is 0 Å². The summed E-state index contributed by atoms with van der Waals surface area (Å²) in [5, 5.41) is 7.54. The second-order valence-electron chi connectivity index (χ2n) is 8.04. The number of amides is 1. The number of nitrogens with zero attached hydrogens (tertiary/aromatic N) is 3. The summed E-state index contributed by atoms with van der Waals surface area (Å²) in [6, 6.07) is 22.4. The third-order valence-electron chi connectivity index (χ3n) is 5.70. The summed E-state index contributed by atoms with van der Waals surface area (Å²) in [7, 11) is 0. The fraction of sp³-hybridized carbons (Fsp3) is 0.120. The fourth-order valence-electron chi connectivity index (χ4n) is 3.89. The molecule has 0 spiro atoms. The Kier molecular flexibility index (Phi) is 4.66. The molecule has 0 bridgehead atoms. The van der Waals surface area contributed by atoms with Gasteiger partial charge in [0.1, 0.15) is 9.71 Å². The lowest BCUT2D eigenvalue weighted by Crippen LogP contribution is -2.32. The van der Waals surface area contributed by atoms with E-state index in [1.54, 1.807) is 10.9 Å². The Labute approximate surface area is 193 Å². The summed E-state index contributed by atoms with van der Waals surface area (Å²) in [4.78, 5) is 19.1. The molecule has 0 atom stereocenters. The van der Waals surface area contributed by atoms with Crippen molar-refractivity contribution in [3.63, 3.8) is 0 Å². The van der Waals surface area contributed by atoms with Gasteiger partial charge in [-0.1, -0.05) is 60.7 Å². The molecule has 6 rings (SSSR count). The van der Waals surface area contributed by atoms with Crippen LogP contribution in [0.1, 0.15) is 28.6 Å². The van der Waals surface area contributed by atoms with Crippen molar-refractivity contribution in [1.82, 2.24) is 10.3 Å². The molecule has 1 amide bonds. The van der Waals surface area contributed by atoms with E-state index in [0.717, 1.165) is 40.6 Å². The first-order valence-electron chi connectivity index (χ1n) is 10.7. The van der Waals surface area contributed by atoms with Crippen molar-refractivity contribution in [2.45, 2.75) is 18.9 Å². The highest BCUT2D eigenvalue weighted by Crippen LogP contribution is 2.41. The molecule has 0 aliphatic heterocycles. The van der Waals surface area contributed by atoms with Crippen LogP contribution in [-0.2, 0) is 0 Å². The molecule has 3 N–H and O–H groups in total. The molecular weight excluding hydrogens is 434 g/mol. The van der Waals surface area contributed by atoms with Crippen molar-refractivity contribution in [2.24, 2.45) is 0 Å². The van der Waals surface area contributed by atoms with E-state index in [0.29, 0.717) is 27.3 Å². The minimum absolute atomic E-state index is 0.296. The number of nitrogen functional groups attached to an aromatic ring is 1. The number of carbonyl (C=O) groups is 1. The minimum atomic E-state index is -0.338. The maximum atomic E-state index is 13.1. The SMILES string of the molecule is Nc1c(C(=O)Nc2c[n+](C3CC3)no2)sc2nc(-c3ccccc3)cc(-c3ccccc3)c12. The predicted octanol–water partition coefficient (Wildman–Crippen LogP) is 5.08. The molecule has 1 aliphatic carbocycles. The molecule has 3 aromatic heterocycles. The molecule has 8 heteroatoms. The highest BCUT2D eigenvalue weighted by molar-refractivity contribution is 7.21. The van der Waals surface area contributed by atoms with Gasteiger partial charge in [-0.15, -0.1) is 11.3 Å². The monoisotopic (exact) mass is 454 g/mol. The molecule has 3 heterocycles. The van der Waals surface area contributed by atoms with Crippen molar-refractivity contribution < 1.29 is 14.0 Å². The number of nitrogens with two attached hydrogens (primary N) is 1. The Morgan fingerprint density at radius 1 is 1.06 bits per heavy atom. The van der Waals surface area contributed by atoms with Crippen molar-refractivity contribution in [2.75, 3.05) is 11.1 Å². The summed E-state index contributed by atoms with van der Waals surface area (Å²) in [6.07, 6.45) is 3.86. The maximum Gasteiger partial charge on any atom is 0.302 e. The van der Waals surface area contributed by atoms with Gasteiger partial charge in [-0.05, 0) is 21.9 Å². The molecule has 5 aromatic rings. The zero-order valence-electron chi connectivity index (χ0n) is 17.6. The highest BCUT2D eigenvalue weighted by atomic mass is 32.1. The molecule has 0 saturated heterocycles. The van der Waals surface area contributed by atoms with E-state index in [1.165, 1.54) is 11.3 Å². The second-order valence-corrected chi connectivity index (χ2v) is 9.04. The van der Waals surface area contributed by atoms with E-state index in [2.05, 4.69) is 10.6 Å². The second kappa shape index (κ2) is 7.83. The van der Waals surface area contributed by atoms with Crippen molar-refractivity contribution in [1.29, 1.82) is 0 Å². The number of rotatable bonds is 5. The summed E-state index contributed by atoms with van der Waals surface area (Å²) >= 11 is 1.28. The molecule has 2 aromatic carbocycles. The van der Waals surface area contributed by atoms with Crippen molar-refractivity contribution >= 4 is 39.0 Å². The topological polar surface area (TPSA) is 97.9 Å². The average Bonchev–Trinajstić information content (AvgIpc) is 3.51. The van der Waals surface area contributed by atoms with Crippen LogP contribution in [0.5, 0.6) is 0 Å². The van der Waals surface area contributed by atoms with Gasteiger partial charge in [0.05, 0.1) is 11.4 Å². The Morgan fingerprint density at radius 3 is 2.45 bits per heavy atom. The van der Waals surface area contributed by atoms with Gasteiger partial charge in [0, 0.05) is 23.8 Å². The number of carbonyl (C=O) groups excluding carboxylic acids is 1. The molecule has 7 nitrogen and oxygen atoms in total. The summed E-state index contributed by atoms with van der Waals surface area (Å²) in [5.74, 6) is -0.0418.